The van der Waals surface area contributed by atoms with Gasteiger partial charge in [-0.25, -0.2) is 4.39 Å². The Kier molecular flexibility index (Phi) is 3.22. The standard InChI is InChI=1S/C9H6BrClFN3O/c10-4-1-2-5(11)8(12)7(4)9-14-6(3-13)16-15-9/h1-2H,3,13H2. The fourth-order valence-corrected chi connectivity index (χ4v) is 1.81. The van der Waals surface area contributed by atoms with Crippen LogP contribution in [0.4, 0.5) is 4.39 Å². The molecule has 2 N–H and O–H groups in total. The zero-order valence-electron chi connectivity index (χ0n) is 7.88. The first-order chi connectivity index (χ1) is 7.63. The lowest BCUT2D eigenvalue weighted by Crippen LogP contribution is -1.96. The van der Waals surface area contributed by atoms with Crippen LogP contribution >= 0.6 is 27.5 Å². The number of nitrogens with two attached hydrogens (primary N) is 1. The first-order valence-electron chi connectivity index (χ1n) is 4.30. The molecule has 16 heavy (non-hydrogen) atoms. The van der Waals surface area contributed by atoms with Crippen molar-refractivity contribution >= 4 is 27.5 Å². The maximum absolute atomic E-state index is 13.7. The molecular weight excluding hydrogens is 300 g/mol. The van der Waals surface area contributed by atoms with Crippen molar-refractivity contribution in [3.05, 3.63) is 33.3 Å². The van der Waals surface area contributed by atoms with Crippen molar-refractivity contribution in [2.45, 2.75) is 6.54 Å². The van der Waals surface area contributed by atoms with Crippen molar-refractivity contribution in [1.29, 1.82) is 0 Å². The summed E-state index contributed by atoms with van der Waals surface area (Å²) in [5, 5.41) is 3.62. The molecule has 0 aliphatic heterocycles. The third kappa shape index (κ3) is 1.95. The Hall–Kier alpha value is -0.980. The van der Waals surface area contributed by atoms with Gasteiger partial charge in [0.05, 0.1) is 17.1 Å². The average molecular weight is 307 g/mol. The molecule has 0 saturated heterocycles. The van der Waals surface area contributed by atoms with Crippen LogP contribution in [0.15, 0.2) is 21.1 Å². The van der Waals surface area contributed by atoms with Gasteiger partial charge in [0.1, 0.15) is 0 Å². The number of nitrogens with zero attached hydrogens (tertiary/aromatic N) is 2. The van der Waals surface area contributed by atoms with Crippen LogP contribution in [0.3, 0.4) is 0 Å². The second kappa shape index (κ2) is 4.48. The normalized spacial score (nSPS) is 10.8. The molecule has 0 saturated carbocycles. The van der Waals surface area contributed by atoms with Crippen LogP contribution in [0.5, 0.6) is 0 Å². The van der Waals surface area contributed by atoms with Gasteiger partial charge in [-0.2, -0.15) is 4.98 Å². The number of benzene rings is 1. The molecule has 0 fully saturated rings. The highest BCUT2D eigenvalue weighted by atomic mass is 79.9. The topological polar surface area (TPSA) is 64.9 Å². The van der Waals surface area contributed by atoms with Gasteiger partial charge in [0.25, 0.3) is 0 Å². The summed E-state index contributed by atoms with van der Waals surface area (Å²) in [7, 11) is 0. The Morgan fingerprint density at radius 1 is 1.50 bits per heavy atom. The van der Waals surface area contributed by atoms with E-state index in [0.29, 0.717) is 4.47 Å². The van der Waals surface area contributed by atoms with Gasteiger partial charge >= 0.3 is 0 Å². The Morgan fingerprint density at radius 3 is 2.88 bits per heavy atom. The van der Waals surface area contributed by atoms with E-state index >= 15 is 0 Å². The average Bonchev–Trinajstić information content (AvgIpc) is 2.73. The fourth-order valence-electron chi connectivity index (χ4n) is 1.17. The summed E-state index contributed by atoms with van der Waals surface area (Å²) in [5.74, 6) is -0.242. The van der Waals surface area contributed by atoms with Gasteiger partial charge in [0, 0.05) is 4.47 Å². The molecular formula is C9H6BrClFN3O. The molecule has 0 aliphatic carbocycles. The third-order valence-corrected chi connectivity index (χ3v) is 2.86. The lowest BCUT2D eigenvalue weighted by molar-refractivity contribution is 0.380. The summed E-state index contributed by atoms with van der Waals surface area (Å²) in [6.45, 7) is 0.104. The Morgan fingerprint density at radius 2 is 2.25 bits per heavy atom. The molecule has 1 heterocycles. The number of rotatable bonds is 2. The molecule has 1 aromatic carbocycles. The minimum atomic E-state index is -0.597. The van der Waals surface area contributed by atoms with Crippen LogP contribution in [0.2, 0.25) is 5.02 Å². The highest BCUT2D eigenvalue weighted by Crippen LogP contribution is 2.32. The molecule has 4 nitrogen and oxygen atoms in total. The fraction of sp³-hybridized carbons (Fsp3) is 0.111. The van der Waals surface area contributed by atoms with Crippen LogP contribution in [0.1, 0.15) is 5.89 Å². The first-order valence-corrected chi connectivity index (χ1v) is 5.47. The van der Waals surface area contributed by atoms with E-state index in [2.05, 4.69) is 26.1 Å². The molecule has 0 bridgehead atoms. The van der Waals surface area contributed by atoms with Crippen LogP contribution in [-0.2, 0) is 6.54 Å². The molecule has 7 heteroatoms. The van der Waals surface area contributed by atoms with Crippen molar-refractivity contribution < 1.29 is 8.91 Å². The lowest BCUT2D eigenvalue weighted by Gasteiger charge is -2.02. The van der Waals surface area contributed by atoms with E-state index in [0.717, 1.165) is 0 Å². The quantitative estimate of drug-likeness (QED) is 0.867. The summed E-state index contributed by atoms with van der Waals surface area (Å²) in [6.07, 6.45) is 0. The monoisotopic (exact) mass is 305 g/mol. The minimum Gasteiger partial charge on any atom is -0.338 e. The molecule has 0 atom stereocenters. The van der Waals surface area contributed by atoms with Gasteiger partial charge in [-0.1, -0.05) is 16.8 Å². The summed E-state index contributed by atoms with van der Waals surface area (Å²) in [4.78, 5) is 3.93. The minimum absolute atomic E-state index is 0.00250. The van der Waals surface area contributed by atoms with E-state index in [9.17, 15) is 4.39 Å². The maximum atomic E-state index is 13.7. The Labute approximate surface area is 104 Å². The van der Waals surface area contributed by atoms with Crippen LogP contribution in [-0.4, -0.2) is 10.1 Å². The van der Waals surface area contributed by atoms with Crippen molar-refractivity contribution in [3.8, 4) is 11.4 Å². The molecule has 0 spiro atoms. The highest BCUT2D eigenvalue weighted by molar-refractivity contribution is 9.10. The molecule has 2 rings (SSSR count). The van der Waals surface area contributed by atoms with Crippen LogP contribution in [0.25, 0.3) is 11.4 Å². The first kappa shape index (κ1) is 11.5. The lowest BCUT2D eigenvalue weighted by atomic mass is 10.2. The van der Waals surface area contributed by atoms with Gasteiger partial charge in [-0.3, -0.25) is 0 Å². The zero-order chi connectivity index (χ0) is 11.7. The maximum Gasteiger partial charge on any atom is 0.240 e. The number of aromatic nitrogens is 2. The second-order valence-electron chi connectivity index (χ2n) is 2.93. The predicted octanol–water partition coefficient (Wildman–Crippen LogP) is 2.75. The van der Waals surface area contributed by atoms with Gasteiger partial charge in [-0.15, -0.1) is 0 Å². The molecule has 1 aromatic heterocycles. The van der Waals surface area contributed by atoms with Gasteiger partial charge in [0.15, 0.2) is 5.82 Å². The molecule has 0 aliphatic rings. The zero-order valence-corrected chi connectivity index (χ0v) is 10.2. The van der Waals surface area contributed by atoms with Gasteiger partial charge < -0.3 is 10.3 Å². The van der Waals surface area contributed by atoms with E-state index in [-0.39, 0.29) is 28.8 Å². The number of hydrogen-bond donors (Lipinski definition) is 1. The molecule has 84 valence electrons. The summed E-state index contributed by atoms with van der Waals surface area (Å²) < 4.78 is 19.0. The van der Waals surface area contributed by atoms with Crippen molar-refractivity contribution in [2.75, 3.05) is 0 Å². The predicted molar refractivity (Wildman–Crippen MR) is 60.3 cm³/mol. The summed E-state index contributed by atoms with van der Waals surface area (Å²) >= 11 is 8.87. The van der Waals surface area contributed by atoms with Crippen LogP contribution in [0, 0.1) is 5.82 Å². The van der Waals surface area contributed by atoms with E-state index in [1.807, 2.05) is 0 Å². The van der Waals surface area contributed by atoms with E-state index < -0.39 is 5.82 Å². The Balaban J connectivity index is 2.58. The largest absolute Gasteiger partial charge is 0.338 e. The smallest absolute Gasteiger partial charge is 0.240 e. The van der Waals surface area contributed by atoms with E-state index in [1.165, 1.54) is 6.07 Å². The SMILES string of the molecule is NCc1nc(-c2c(Br)ccc(Cl)c2F)no1. The van der Waals surface area contributed by atoms with E-state index in [4.69, 9.17) is 21.9 Å². The van der Waals surface area contributed by atoms with Gasteiger partial charge in [0.2, 0.25) is 11.7 Å². The third-order valence-electron chi connectivity index (χ3n) is 1.91. The number of hydrogen-bond acceptors (Lipinski definition) is 4. The molecule has 0 radical (unpaired) electrons. The van der Waals surface area contributed by atoms with Gasteiger partial charge in [-0.05, 0) is 28.1 Å². The second-order valence-corrected chi connectivity index (χ2v) is 4.20. The van der Waals surface area contributed by atoms with Crippen molar-refractivity contribution in [1.82, 2.24) is 10.1 Å². The molecule has 0 unspecified atom stereocenters. The molecule has 2 aromatic rings. The highest BCUT2D eigenvalue weighted by Gasteiger charge is 2.18. The summed E-state index contributed by atoms with van der Waals surface area (Å²) in [6, 6.07) is 3.05. The van der Waals surface area contributed by atoms with Crippen LogP contribution < -0.4 is 5.73 Å². The summed E-state index contributed by atoms with van der Waals surface area (Å²) in [5.41, 5.74) is 5.48. The molecule has 0 amide bonds. The van der Waals surface area contributed by atoms with E-state index in [1.54, 1.807) is 6.07 Å². The van der Waals surface area contributed by atoms with Crippen molar-refractivity contribution in [2.24, 2.45) is 5.73 Å². The Bertz CT molecular complexity index is 531. The number of halogens is 3. The van der Waals surface area contributed by atoms with Crippen molar-refractivity contribution in [3.63, 3.8) is 0 Å².